The molecule has 0 aromatic heterocycles. The molecule has 4 heteroatoms. The maximum Gasteiger partial charge on any atom is 0.231 e. The third kappa shape index (κ3) is 2.12. The van der Waals surface area contributed by atoms with Gasteiger partial charge in [-0.05, 0) is 35.2 Å². The first-order chi connectivity index (χ1) is 11.1. The predicted molar refractivity (Wildman–Crippen MR) is 86.7 cm³/mol. The normalized spacial score (nSPS) is 15.0. The maximum atomic E-state index is 12.4. The number of benzene rings is 3. The average molecular weight is 304 g/mol. The minimum atomic E-state index is -0.225. The van der Waals surface area contributed by atoms with E-state index in [9.17, 15) is 15.0 Å². The van der Waals surface area contributed by atoms with Crippen molar-refractivity contribution in [3.63, 3.8) is 0 Å². The second-order valence-corrected chi connectivity index (χ2v) is 5.34. The summed E-state index contributed by atoms with van der Waals surface area (Å²) in [4.78, 5) is 12.4. The maximum absolute atomic E-state index is 12.4. The Bertz CT molecular complexity index is 986. The van der Waals surface area contributed by atoms with E-state index in [-0.39, 0.29) is 23.0 Å². The molecule has 4 nitrogen and oxygen atoms in total. The lowest BCUT2D eigenvalue weighted by Gasteiger charge is -2.05. The van der Waals surface area contributed by atoms with Crippen LogP contribution in [0.1, 0.15) is 15.9 Å². The SMILES string of the molecule is O=C1C(=Cc2ccc(O)c3ccccc23)Oc2cc(O)ccc21. The van der Waals surface area contributed by atoms with Gasteiger partial charge in [-0.2, -0.15) is 0 Å². The highest BCUT2D eigenvalue weighted by molar-refractivity contribution is 6.15. The Morgan fingerprint density at radius 1 is 0.913 bits per heavy atom. The van der Waals surface area contributed by atoms with Crippen LogP contribution in [0, 0.1) is 0 Å². The molecule has 0 aliphatic carbocycles. The molecule has 3 aromatic carbocycles. The zero-order valence-electron chi connectivity index (χ0n) is 12.0. The van der Waals surface area contributed by atoms with Crippen molar-refractivity contribution >= 4 is 22.6 Å². The van der Waals surface area contributed by atoms with Gasteiger partial charge in [0.15, 0.2) is 5.76 Å². The molecule has 0 unspecified atom stereocenters. The van der Waals surface area contributed by atoms with E-state index in [4.69, 9.17) is 4.74 Å². The number of fused-ring (bicyclic) bond motifs is 2. The largest absolute Gasteiger partial charge is 0.508 e. The van der Waals surface area contributed by atoms with Gasteiger partial charge in [0.1, 0.15) is 17.2 Å². The lowest BCUT2D eigenvalue weighted by atomic mass is 10.0. The molecule has 1 aliphatic rings. The van der Waals surface area contributed by atoms with Crippen molar-refractivity contribution in [1.29, 1.82) is 0 Å². The van der Waals surface area contributed by atoms with Crippen molar-refractivity contribution < 1.29 is 19.7 Å². The number of ketones is 1. The fourth-order valence-electron chi connectivity index (χ4n) is 2.75. The number of phenols is 2. The molecule has 0 spiro atoms. The zero-order valence-corrected chi connectivity index (χ0v) is 12.0. The number of allylic oxidation sites excluding steroid dienone is 1. The van der Waals surface area contributed by atoms with Gasteiger partial charge in [0.2, 0.25) is 5.78 Å². The number of ether oxygens (including phenoxy) is 1. The minimum Gasteiger partial charge on any atom is -0.508 e. The number of carbonyl (C=O) groups excluding carboxylic acids is 1. The van der Waals surface area contributed by atoms with Gasteiger partial charge in [-0.1, -0.05) is 30.3 Å². The molecule has 1 heterocycles. The van der Waals surface area contributed by atoms with E-state index < -0.39 is 0 Å². The Hall–Kier alpha value is -3.27. The van der Waals surface area contributed by atoms with Crippen molar-refractivity contribution in [3.8, 4) is 17.2 Å². The summed E-state index contributed by atoms with van der Waals surface area (Å²) in [5.74, 6) is 0.561. The monoisotopic (exact) mass is 304 g/mol. The van der Waals surface area contributed by atoms with Crippen LogP contribution in [-0.4, -0.2) is 16.0 Å². The first kappa shape index (κ1) is 13.4. The lowest BCUT2D eigenvalue weighted by Crippen LogP contribution is -1.98. The molecule has 0 saturated carbocycles. The number of hydrogen-bond donors (Lipinski definition) is 2. The van der Waals surface area contributed by atoms with Crippen LogP contribution < -0.4 is 4.74 Å². The summed E-state index contributed by atoms with van der Waals surface area (Å²) in [7, 11) is 0. The number of carbonyl (C=O) groups is 1. The molecule has 4 rings (SSSR count). The molecule has 0 atom stereocenters. The molecule has 0 bridgehead atoms. The Kier molecular flexibility index (Phi) is 2.84. The fraction of sp³-hybridized carbons (Fsp3) is 0. The standard InChI is InChI=1S/C19H12O4/c20-12-6-7-15-17(10-12)23-18(19(15)22)9-11-5-8-16(21)14-4-2-1-3-13(11)14/h1-10,20-21H. The van der Waals surface area contributed by atoms with Gasteiger partial charge in [-0.25, -0.2) is 0 Å². The first-order valence-corrected chi connectivity index (χ1v) is 7.11. The Balaban J connectivity index is 1.84. The Morgan fingerprint density at radius 3 is 2.52 bits per heavy atom. The summed E-state index contributed by atoms with van der Waals surface area (Å²) in [5, 5.41) is 21.0. The predicted octanol–water partition coefficient (Wildman–Crippen LogP) is 3.87. The summed E-state index contributed by atoms with van der Waals surface area (Å²) >= 11 is 0. The van der Waals surface area contributed by atoms with Gasteiger partial charge in [0, 0.05) is 11.5 Å². The summed E-state index contributed by atoms with van der Waals surface area (Å²) in [6, 6.07) is 15.2. The number of Topliss-reactive ketones (excluding diaryl/α,β-unsaturated/α-hetero) is 1. The summed E-state index contributed by atoms with van der Waals surface area (Å²) < 4.78 is 5.57. The van der Waals surface area contributed by atoms with Gasteiger partial charge in [-0.3, -0.25) is 4.79 Å². The highest BCUT2D eigenvalue weighted by Crippen LogP contribution is 2.35. The number of hydrogen-bond acceptors (Lipinski definition) is 4. The second kappa shape index (κ2) is 4.88. The van der Waals surface area contributed by atoms with Crippen molar-refractivity contribution in [2.75, 3.05) is 0 Å². The molecule has 0 radical (unpaired) electrons. The third-order valence-corrected chi connectivity index (χ3v) is 3.87. The van der Waals surface area contributed by atoms with Gasteiger partial charge >= 0.3 is 0 Å². The molecule has 3 aromatic rings. The molecule has 1 aliphatic heterocycles. The third-order valence-electron chi connectivity index (χ3n) is 3.87. The van der Waals surface area contributed by atoms with E-state index in [0.29, 0.717) is 16.7 Å². The highest BCUT2D eigenvalue weighted by Gasteiger charge is 2.27. The van der Waals surface area contributed by atoms with Crippen molar-refractivity contribution in [1.82, 2.24) is 0 Å². The Labute approximate surface area is 131 Å². The molecular weight excluding hydrogens is 292 g/mol. The molecule has 2 N–H and O–H groups in total. The number of aromatic hydroxyl groups is 2. The van der Waals surface area contributed by atoms with E-state index in [1.54, 1.807) is 24.3 Å². The number of rotatable bonds is 1. The van der Waals surface area contributed by atoms with E-state index in [2.05, 4.69) is 0 Å². The van der Waals surface area contributed by atoms with Crippen LogP contribution in [0.15, 0.2) is 60.4 Å². The highest BCUT2D eigenvalue weighted by atomic mass is 16.5. The molecule has 23 heavy (non-hydrogen) atoms. The van der Waals surface area contributed by atoms with E-state index >= 15 is 0 Å². The van der Waals surface area contributed by atoms with Crippen molar-refractivity contribution in [2.45, 2.75) is 0 Å². The molecule has 0 amide bonds. The summed E-state index contributed by atoms with van der Waals surface area (Å²) in [5.41, 5.74) is 1.20. The van der Waals surface area contributed by atoms with Crippen LogP contribution in [-0.2, 0) is 0 Å². The van der Waals surface area contributed by atoms with E-state index in [0.717, 1.165) is 10.9 Å². The molecule has 112 valence electrons. The fourth-order valence-corrected chi connectivity index (χ4v) is 2.75. The van der Waals surface area contributed by atoms with Gasteiger partial charge in [0.05, 0.1) is 5.56 Å². The van der Waals surface area contributed by atoms with Crippen LogP contribution in [0.3, 0.4) is 0 Å². The first-order valence-electron chi connectivity index (χ1n) is 7.11. The van der Waals surface area contributed by atoms with E-state index in [1.165, 1.54) is 12.1 Å². The molecule has 0 saturated heterocycles. The molecular formula is C19H12O4. The average Bonchev–Trinajstić information content (AvgIpc) is 2.86. The van der Waals surface area contributed by atoms with Crippen LogP contribution in [0.2, 0.25) is 0 Å². The van der Waals surface area contributed by atoms with Crippen LogP contribution >= 0.6 is 0 Å². The van der Waals surface area contributed by atoms with Gasteiger partial charge < -0.3 is 14.9 Å². The minimum absolute atomic E-state index is 0.0490. The smallest absolute Gasteiger partial charge is 0.231 e. The quantitative estimate of drug-likeness (QED) is 0.670. The van der Waals surface area contributed by atoms with Crippen LogP contribution in [0.25, 0.3) is 16.8 Å². The van der Waals surface area contributed by atoms with Gasteiger partial charge in [0.25, 0.3) is 0 Å². The van der Waals surface area contributed by atoms with Gasteiger partial charge in [-0.15, -0.1) is 0 Å². The topological polar surface area (TPSA) is 66.8 Å². The van der Waals surface area contributed by atoms with Crippen LogP contribution in [0.4, 0.5) is 0 Å². The van der Waals surface area contributed by atoms with Crippen molar-refractivity contribution in [2.24, 2.45) is 0 Å². The van der Waals surface area contributed by atoms with Crippen molar-refractivity contribution in [3.05, 3.63) is 71.5 Å². The lowest BCUT2D eigenvalue weighted by molar-refractivity contribution is 0.101. The number of phenolic OH excluding ortho intramolecular Hbond substituents is 2. The molecule has 0 fully saturated rings. The second-order valence-electron chi connectivity index (χ2n) is 5.34. The van der Waals surface area contributed by atoms with E-state index in [1.807, 2.05) is 24.3 Å². The van der Waals surface area contributed by atoms with Crippen LogP contribution in [0.5, 0.6) is 17.2 Å². The zero-order chi connectivity index (χ0) is 16.0. The summed E-state index contributed by atoms with van der Waals surface area (Å²) in [6.45, 7) is 0. The summed E-state index contributed by atoms with van der Waals surface area (Å²) in [6.07, 6.45) is 1.65. The Morgan fingerprint density at radius 2 is 1.70 bits per heavy atom.